The third kappa shape index (κ3) is 6.61. The average Bonchev–Trinajstić information content (AvgIpc) is 2.64. The molecule has 12 nitrogen and oxygen atoms in total. The van der Waals surface area contributed by atoms with Crippen LogP contribution in [-0.2, 0) is 48.9 Å². The topological polar surface area (TPSA) is 195 Å². The molecule has 0 aliphatic heterocycles. The molecule has 2 amide bonds. The van der Waals surface area contributed by atoms with Crippen LogP contribution in [0.3, 0.4) is 0 Å². The van der Waals surface area contributed by atoms with Gasteiger partial charge in [-0.2, -0.15) is 0 Å². The second-order valence-corrected chi connectivity index (χ2v) is 13.8. The second-order valence-electron chi connectivity index (χ2n) is 5.27. The van der Waals surface area contributed by atoms with Gasteiger partial charge in [-0.05, 0) is 0 Å². The van der Waals surface area contributed by atoms with Crippen LogP contribution in [0.5, 0.6) is 0 Å². The quantitative estimate of drug-likeness (QED) is 0.267. The molecule has 0 rings (SSSR count). The first-order valence-corrected chi connectivity index (χ1v) is 14.0. The van der Waals surface area contributed by atoms with E-state index in [1.54, 1.807) is 0 Å². The lowest BCUT2D eigenvalue weighted by Crippen LogP contribution is -2.48. The largest absolute Gasteiger partial charge is 0.352 e. The van der Waals surface area contributed by atoms with Gasteiger partial charge in [0.2, 0.25) is 9.16 Å². The van der Waals surface area contributed by atoms with Crippen molar-refractivity contribution in [2.75, 3.05) is 13.1 Å². The van der Waals surface area contributed by atoms with Gasteiger partial charge in [0.1, 0.15) is 0 Å². The maximum absolute atomic E-state index is 12.0. The predicted molar refractivity (Wildman–Crippen MR) is 110 cm³/mol. The molecule has 0 aromatic heterocycles. The third-order valence-electron chi connectivity index (χ3n) is 3.27. The molecule has 170 valence electrons. The first-order valence-electron chi connectivity index (χ1n) is 7.54. The van der Waals surface area contributed by atoms with E-state index in [0.717, 1.165) is 0 Å². The molecule has 0 aromatic rings. The molecule has 30 heavy (non-hydrogen) atoms. The summed E-state index contributed by atoms with van der Waals surface area (Å²) in [5.41, 5.74) is 0. The maximum atomic E-state index is 12.0. The minimum Gasteiger partial charge on any atom is -0.352 e. The molecule has 0 unspecified atom stereocenters. The van der Waals surface area contributed by atoms with Gasteiger partial charge in [-0.25, -0.2) is 33.7 Å². The van der Waals surface area contributed by atoms with Gasteiger partial charge in [-0.1, -0.05) is 26.3 Å². The molecular weight excluding hydrogens is 484 g/mol. The highest BCUT2D eigenvalue weighted by Crippen LogP contribution is 2.15. The molecule has 0 spiro atoms. The van der Waals surface area contributed by atoms with Gasteiger partial charge in [0.15, 0.2) is 39.3 Å². The summed E-state index contributed by atoms with van der Waals surface area (Å²) in [4.78, 5) is 24.1. The first kappa shape index (κ1) is 27.7. The molecule has 0 aliphatic rings. The monoisotopic (exact) mass is 504 g/mol. The average molecular weight is 505 g/mol. The van der Waals surface area contributed by atoms with E-state index in [0.29, 0.717) is 0 Å². The van der Waals surface area contributed by atoms with Crippen LogP contribution in [0.1, 0.15) is 0 Å². The van der Waals surface area contributed by atoms with Gasteiger partial charge < -0.3 is 10.6 Å². The fourth-order valence-electron chi connectivity index (χ4n) is 1.86. The highest BCUT2D eigenvalue weighted by molar-refractivity contribution is 8.13. The lowest BCUT2D eigenvalue weighted by molar-refractivity contribution is -0.121. The number of carbonyl (C=O) groups is 2. The second kappa shape index (κ2) is 10.1. The molecule has 2 N–H and O–H groups in total. The molecule has 0 bridgehead atoms. The summed E-state index contributed by atoms with van der Waals surface area (Å²) in [6.45, 7) is 10.6. The summed E-state index contributed by atoms with van der Waals surface area (Å²) in [6, 6.07) is 0. The molecule has 0 fully saturated rings. The predicted octanol–water partition coefficient (Wildman–Crippen LogP) is -1.90. The number of amides is 2. The Morgan fingerprint density at radius 2 is 0.767 bits per heavy atom. The van der Waals surface area contributed by atoms with E-state index in [1.165, 1.54) is 0 Å². The Morgan fingerprint density at radius 1 is 0.567 bits per heavy atom. The number of sulfone groups is 4. The van der Waals surface area contributed by atoms with Gasteiger partial charge in [0, 0.05) is 34.7 Å². The highest BCUT2D eigenvalue weighted by Gasteiger charge is 2.42. The van der Waals surface area contributed by atoms with Crippen LogP contribution in [0.2, 0.25) is 0 Å². The summed E-state index contributed by atoms with van der Waals surface area (Å²) in [7, 11) is -18.5. The van der Waals surface area contributed by atoms with Gasteiger partial charge >= 0.3 is 0 Å². The minimum absolute atomic E-state index is 0.269. The van der Waals surface area contributed by atoms with E-state index in [-0.39, 0.29) is 21.6 Å². The number of rotatable bonds is 13. The zero-order valence-electron chi connectivity index (χ0n) is 15.4. The summed E-state index contributed by atoms with van der Waals surface area (Å²) < 4.78 is 89.5. The van der Waals surface area contributed by atoms with Crippen molar-refractivity contribution < 1.29 is 43.3 Å². The zero-order valence-corrected chi connectivity index (χ0v) is 18.7. The van der Waals surface area contributed by atoms with Crippen LogP contribution in [0, 0.1) is 0 Å². The van der Waals surface area contributed by atoms with E-state index < -0.39 is 73.4 Å². The Hall–Kier alpha value is -2.30. The van der Waals surface area contributed by atoms with Crippen molar-refractivity contribution in [3.05, 3.63) is 47.9 Å². The number of nitrogens with one attached hydrogen (secondary N) is 2. The summed E-state index contributed by atoms with van der Waals surface area (Å²) in [5, 5.41) is 4.91. The Morgan fingerprint density at radius 3 is 0.933 bits per heavy atom. The lowest BCUT2D eigenvalue weighted by Gasteiger charge is -2.16. The van der Waals surface area contributed by atoms with Crippen LogP contribution >= 0.6 is 0 Å². The van der Waals surface area contributed by atoms with Crippen molar-refractivity contribution in [3.63, 3.8) is 0 Å². The van der Waals surface area contributed by atoms with Crippen LogP contribution in [0.4, 0.5) is 0 Å². The standard InChI is InChI=1S/C14H20N2O10S4/c1-5-27(19,20)13(28(21,22)6-2)11(17)15-9-10-16-12(18)14(29(23,24)7-3)30(25,26)8-4/h5-8,13-14H,1-4,9-10H2,(H,15,17)(H,16,18). The number of carbonyl (C=O) groups excluding carboxylic acids is 2. The normalized spacial score (nSPS) is 12.7. The van der Waals surface area contributed by atoms with Gasteiger partial charge in [0.25, 0.3) is 11.8 Å². The van der Waals surface area contributed by atoms with Crippen molar-refractivity contribution in [1.82, 2.24) is 10.6 Å². The van der Waals surface area contributed by atoms with Crippen molar-refractivity contribution in [2.24, 2.45) is 0 Å². The fraction of sp³-hybridized carbons (Fsp3) is 0.286. The Bertz CT molecular complexity index is 993. The third-order valence-corrected chi connectivity index (χ3v) is 11.6. The van der Waals surface area contributed by atoms with Gasteiger partial charge in [0.05, 0.1) is 0 Å². The van der Waals surface area contributed by atoms with Crippen LogP contribution in [0.25, 0.3) is 0 Å². The highest BCUT2D eigenvalue weighted by atomic mass is 32.3. The Kier molecular flexibility index (Phi) is 9.36. The summed E-state index contributed by atoms with van der Waals surface area (Å²) in [5.74, 6) is -2.98. The molecular formula is C14H20N2O10S4. The fourth-order valence-corrected chi connectivity index (χ4v) is 8.02. The molecule has 16 heteroatoms. The first-order chi connectivity index (χ1) is 13.5. The van der Waals surface area contributed by atoms with Crippen molar-refractivity contribution in [2.45, 2.75) is 9.16 Å². The minimum atomic E-state index is -4.62. The maximum Gasteiger partial charge on any atom is 0.254 e. The smallest absolute Gasteiger partial charge is 0.254 e. The van der Waals surface area contributed by atoms with Crippen molar-refractivity contribution in [3.8, 4) is 0 Å². The lowest BCUT2D eigenvalue weighted by atomic mass is 10.5. The van der Waals surface area contributed by atoms with Crippen LogP contribution < -0.4 is 10.6 Å². The van der Waals surface area contributed by atoms with Crippen LogP contribution in [-0.4, -0.2) is 67.7 Å². The van der Waals surface area contributed by atoms with E-state index >= 15 is 0 Å². The molecule has 0 aromatic carbocycles. The van der Waals surface area contributed by atoms with Crippen LogP contribution in [0.15, 0.2) is 47.9 Å². The van der Waals surface area contributed by atoms with Crippen molar-refractivity contribution >= 4 is 51.2 Å². The summed E-state index contributed by atoms with van der Waals surface area (Å²) >= 11 is 0. The molecule has 0 saturated heterocycles. The van der Waals surface area contributed by atoms with E-state index in [1.807, 2.05) is 10.6 Å². The number of hydrogen-bond acceptors (Lipinski definition) is 10. The molecule has 0 heterocycles. The molecule has 0 radical (unpaired) electrons. The van der Waals surface area contributed by atoms with E-state index in [2.05, 4.69) is 26.3 Å². The van der Waals surface area contributed by atoms with Gasteiger partial charge in [-0.3, -0.25) is 9.59 Å². The van der Waals surface area contributed by atoms with Gasteiger partial charge in [-0.15, -0.1) is 0 Å². The SMILES string of the molecule is C=CS(=O)(=O)C(C(=O)NCCNC(=O)C(S(=O)(=O)C=C)S(=O)(=O)C=C)S(=O)(=O)C=C. The Balaban J connectivity index is 5.42. The number of hydrogen-bond donors (Lipinski definition) is 2. The molecule has 0 saturated carbocycles. The molecule has 0 atom stereocenters. The summed E-state index contributed by atoms with van der Waals surface area (Å²) in [6.07, 6.45) is 0. The van der Waals surface area contributed by atoms with Crippen molar-refractivity contribution in [1.29, 1.82) is 0 Å². The molecule has 0 aliphatic carbocycles. The zero-order chi connectivity index (χ0) is 24.0. The van der Waals surface area contributed by atoms with E-state index in [9.17, 15) is 43.3 Å². The Labute approximate surface area is 175 Å². The van der Waals surface area contributed by atoms with E-state index in [4.69, 9.17) is 0 Å².